The van der Waals surface area contributed by atoms with E-state index in [1.54, 1.807) is 30.7 Å². The maximum atomic E-state index is 13.6. The Morgan fingerprint density at radius 3 is 2.61 bits per heavy atom. The summed E-state index contributed by atoms with van der Waals surface area (Å²) in [6.07, 6.45) is 0. The van der Waals surface area contributed by atoms with Crippen LogP contribution in [0.1, 0.15) is 31.0 Å². The fourth-order valence-corrected chi connectivity index (χ4v) is 4.40. The van der Waals surface area contributed by atoms with Crippen LogP contribution in [-0.4, -0.2) is 40.6 Å². The van der Waals surface area contributed by atoms with E-state index in [1.165, 1.54) is 0 Å². The highest BCUT2D eigenvalue weighted by Crippen LogP contribution is 2.39. The van der Waals surface area contributed by atoms with Crippen LogP contribution in [0, 0.1) is 6.92 Å². The number of hydrogen-bond acceptors (Lipinski definition) is 7. The number of hydrogen-bond donors (Lipinski definition) is 2. The number of ether oxygens (including phenoxy) is 2. The fourth-order valence-electron chi connectivity index (χ4n) is 3.85. The molecular weight excluding hydrogens is 438 g/mol. The summed E-state index contributed by atoms with van der Waals surface area (Å²) >= 11 is 1.55. The molecule has 0 spiro atoms. The lowest BCUT2D eigenvalue weighted by atomic mass is 9.94. The summed E-state index contributed by atoms with van der Waals surface area (Å²) in [7, 11) is 3.19. The molecule has 1 amide bonds. The lowest BCUT2D eigenvalue weighted by Gasteiger charge is -2.29. The molecule has 0 saturated carbocycles. The standard InChI is InChI=1S/C24H27N5O3S/c1-6-33-24-27-23-25-15(3)20(22(30)26-17-10-8-7-9-14(17)2)21(29(23)28-24)16-11-12-18(31-4)19(13-16)32-5/h7-13,21H,6H2,1-5H3,(H,26,30)(H,25,27,28). The first-order valence-corrected chi connectivity index (χ1v) is 11.6. The van der Waals surface area contributed by atoms with Crippen molar-refractivity contribution in [3.8, 4) is 11.5 Å². The molecule has 0 saturated heterocycles. The minimum atomic E-state index is -0.496. The zero-order valence-corrected chi connectivity index (χ0v) is 20.1. The van der Waals surface area contributed by atoms with E-state index < -0.39 is 6.04 Å². The molecule has 0 aliphatic carbocycles. The van der Waals surface area contributed by atoms with E-state index in [-0.39, 0.29) is 5.91 Å². The van der Waals surface area contributed by atoms with Gasteiger partial charge in [0, 0.05) is 11.4 Å². The van der Waals surface area contributed by atoms with E-state index in [0.29, 0.717) is 33.9 Å². The van der Waals surface area contributed by atoms with Crippen molar-refractivity contribution < 1.29 is 14.3 Å². The second-order valence-electron chi connectivity index (χ2n) is 7.55. The summed E-state index contributed by atoms with van der Waals surface area (Å²) < 4.78 is 12.7. The molecule has 0 radical (unpaired) electrons. The number of aromatic nitrogens is 3. The fraction of sp³-hybridized carbons (Fsp3) is 0.292. The Labute approximate surface area is 197 Å². The van der Waals surface area contributed by atoms with Crippen molar-refractivity contribution >= 4 is 29.3 Å². The number of allylic oxidation sites excluding steroid dienone is 1. The molecular formula is C24H27N5O3S. The number of rotatable bonds is 7. The third-order valence-corrected chi connectivity index (χ3v) is 6.19. The minimum Gasteiger partial charge on any atom is -0.493 e. The lowest BCUT2D eigenvalue weighted by molar-refractivity contribution is -0.113. The Morgan fingerprint density at radius 1 is 1.15 bits per heavy atom. The molecule has 2 aromatic carbocycles. The van der Waals surface area contributed by atoms with Crippen molar-refractivity contribution in [1.82, 2.24) is 14.8 Å². The van der Waals surface area contributed by atoms with E-state index in [1.807, 2.05) is 56.3 Å². The lowest BCUT2D eigenvalue weighted by Crippen LogP contribution is -2.31. The van der Waals surface area contributed by atoms with Crippen molar-refractivity contribution in [2.24, 2.45) is 0 Å². The third kappa shape index (κ3) is 4.41. The largest absolute Gasteiger partial charge is 0.493 e. The summed E-state index contributed by atoms with van der Waals surface area (Å²) in [5.41, 5.74) is 3.85. The summed E-state index contributed by atoms with van der Waals surface area (Å²) in [5, 5.41) is 11.7. The van der Waals surface area contributed by atoms with Gasteiger partial charge in [0.05, 0.1) is 19.8 Å². The average molecular weight is 466 g/mol. The van der Waals surface area contributed by atoms with E-state index in [0.717, 1.165) is 22.6 Å². The molecule has 3 aromatic rings. The summed E-state index contributed by atoms with van der Waals surface area (Å²) in [4.78, 5) is 18.2. The number of para-hydroxylation sites is 1. The van der Waals surface area contributed by atoms with Crippen LogP contribution in [0.25, 0.3) is 0 Å². The topological polar surface area (TPSA) is 90.3 Å². The first-order chi connectivity index (χ1) is 16.0. The van der Waals surface area contributed by atoms with Gasteiger partial charge in [0.1, 0.15) is 6.04 Å². The van der Waals surface area contributed by atoms with Crippen LogP contribution >= 0.6 is 11.8 Å². The summed E-state index contributed by atoms with van der Waals surface area (Å²) in [5.74, 6) is 2.42. The molecule has 172 valence electrons. The normalized spacial score (nSPS) is 15.0. The predicted molar refractivity (Wildman–Crippen MR) is 130 cm³/mol. The van der Waals surface area contributed by atoms with Gasteiger partial charge in [-0.2, -0.15) is 4.98 Å². The highest BCUT2D eigenvalue weighted by Gasteiger charge is 2.35. The molecule has 1 aliphatic heterocycles. The van der Waals surface area contributed by atoms with Crippen molar-refractivity contribution in [2.75, 3.05) is 30.6 Å². The molecule has 1 aliphatic rings. The number of methoxy groups -OCH3 is 2. The Morgan fingerprint density at radius 2 is 1.91 bits per heavy atom. The highest BCUT2D eigenvalue weighted by molar-refractivity contribution is 7.99. The van der Waals surface area contributed by atoms with E-state index >= 15 is 0 Å². The maximum Gasteiger partial charge on any atom is 0.255 e. The smallest absolute Gasteiger partial charge is 0.255 e. The third-order valence-electron chi connectivity index (χ3n) is 5.47. The molecule has 0 bridgehead atoms. The van der Waals surface area contributed by atoms with Gasteiger partial charge in [-0.25, -0.2) is 4.68 Å². The zero-order valence-electron chi connectivity index (χ0n) is 19.3. The molecule has 33 heavy (non-hydrogen) atoms. The van der Waals surface area contributed by atoms with Crippen molar-refractivity contribution in [3.05, 3.63) is 64.9 Å². The van der Waals surface area contributed by atoms with Gasteiger partial charge in [-0.15, -0.1) is 5.10 Å². The molecule has 2 heterocycles. The van der Waals surface area contributed by atoms with Crippen molar-refractivity contribution in [2.45, 2.75) is 32.0 Å². The quantitative estimate of drug-likeness (QED) is 0.491. The molecule has 4 rings (SSSR count). The van der Waals surface area contributed by atoms with Gasteiger partial charge in [-0.3, -0.25) is 4.79 Å². The van der Waals surface area contributed by atoms with Crippen molar-refractivity contribution in [3.63, 3.8) is 0 Å². The van der Waals surface area contributed by atoms with Crippen LogP contribution in [0.3, 0.4) is 0 Å². The van der Waals surface area contributed by atoms with Crippen LogP contribution < -0.4 is 20.1 Å². The number of amides is 1. The summed E-state index contributed by atoms with van der Waals surface area (Å²) in [6, 6.07) is 12.8. The number of anilines is 2. The van der Waals surface area contributed by atoms with E-state index in [2.05, 4.69) is 22.5 Å². The van der Waals surface area contributed by atoms with Gasteiger partial charge < -0.3 is 20.1 Å². The Balaban J connectivity index is 1.82. The molecule has 1 unspecified atom stereocenters. The monoisotopic (exact) mass is 465 g/mol. The van der Waals surface area contributed by atoms with Crippen LogP contribution in [0.2, 0.25) is 0 Å². The number of thioether (sulfide) groups is 1. The van der Waals surface area contributed by atoms with Crippen LogP contribution in [0.5, 0.6) is 11.5 Å². The van der Waals surface area contributed by atoms with E-state index in [9.17, 15) is 4.79 Å². The number of nitrogens with zero attached hydrogens (tertiary/aromatic N) is 3. The molecule has 9 heteroatoms. The number of fused-ring (bicyclic) bond motifs is 1. The maximum absolute atomic E-state index is 13.6. The van der Waals surface area contributed by atoms with Crippen LogP contribution in [-0.2, 0) is 4.79 Å². The predicted octanol–water partition coefficient (Wildman–Crippen LogP) is 4.64. The number of benzene rings is 2. The second kappa shape index (κ2) is 9.58. The van der Waals surface area contributed by atoms with Gasteiger partial charge in [0.2, 0.25) is 11.1 Å². The average Bonchev–Trinajstić information content (AvgIpc) is 3.21. The number of nitrogens with one attached hydrogen (secondary N) is 2. The molecule has 1 aromatic heterocycles. The molecule has 0 fully saturated rings. The van der Waals surface area contributed by atoms with Gasteiger partial charge >= 0.3 is 0 Å². The molecule has 1 atom stereocenters. The Bertz CT molecular complexity index is 1220. The number of carbonyl (C=O) groups is 1. The molecule has 8 nitrogen and oxygen atoms in total. The number of aryl methyl sites for hydroxylation is 1. The Kier molecular flexibility index (Phi) is 6.60. The molecule has 2 N–H and O–H groups in total. The van der Waals surface area contributed by atoms with Crippen molar-refractivity contribution in [1.29, 1.82) is 0 Å². The Hall–Kier alpha value is -3.46. The highest BCUT2D eigenvalue weighted by atomic mass is 32.2. The van der Waals surface area contributed by atoms with E-state index in [4.69, 9.17) is 14.6 Å². The first kappa shape index (κ1) is 22.7. The SMILES string of the molecule is CCSc1nc2n(n1)C(c1ccc(OC)c(OC)c1)C(C(=O)Nc1ccccc1C)=C(C)N2. The van der Waals surface area contributed by atoms with Crippen LogP contribution in [0.15, 0.2) is 58.9 Å². The van der Waals surface area contributed by atoms with Gasteiger partial charge in [0.25, 0.3) is 5.91 Å². The number of carbonyl (C=O) groups excluding carboxylic acids is 1. The first-order valence-electron chi connectivity index (χ1n) is 10.6. The van der Waals surface area contributed by atoms with Gasteiger partial charge in [-0.1, -0.05) is 43.0 Å². The summed E-state index contributed by atoms with van der Waals surface area (Å²) in [6.45, 7) is 5.89. The van der Waals surface area contributed by atoms with Crippen LogP contribution in [0.4, 0.5) is 11.6 Å². The zero-order chi connectivity index (χ0) is 23.5. The van der Waals surface area contributed by atoms with Gasteiger partial charge in [-0.05, 0) is 48.9 Å². The minimum absolute atomic E-state index is 0.208. The second-order valence-corrected chi connectivity index (χ2v) is 8.78. The van der Waals surface area contributed by atoms with Gasteiger partial charge in [0.15, 0.2) is 11.5 Å².